The van der Waals surface area contributed by atoms with Crippen molar-refractivity contribution in [2.24, 2.45) is 0 Å². The van der Waals surface area contributed by atoms with Gasteiger partial charge in [0.25, 0.3) is 5.91 Å². The Morgan fingerprint density at radius 2 is 1.96 bits per heavy atom. The smallest absolute Gasteiger partial charge is 0.275 e. The van der Waals surface area contributed by atoms with Crippen molar-refractivity contribution in [2.45, 2.75) is 26.2 Å². The molecular formula is C18H21ClN4O2. The first-order valence-corrected chi connectivity index (χ1v) is 8.69. The molecule has 7 heteroatoms. The predicted molar refractivity (Wildman–Crippen MR) is 98.8 cm³/mol. The Balaban J connectivity index is 1.74. The Morgan fingerprint density at radius 1 is 1.20 bits per heavy atom. The number of nitrogens with one attached hydrogen (secondary N) is 1. The summed E-state index contributed by atoms with van der Waals surface area (Å²) in [5, 5.41) is 3.39. The quantitative estimate of drug-likeness (QED) is 0.900. The number of aryl methyl sites for hydroxylation is 1. The number of hydrogen-bond donors (Lipinski definition) is 1. The lowest BCUT2D eigenvalue weighted by Crippen LogP contribution is -2.30. The van der Waals surface area contributed by atoms with Gasteiger partial charge >= 0.3 is 0 Å². The second kappa shape index (κ2) is 7.70. The molecule has 132 valence electrons. The van der Waals surface area contributed by atoms with Crippen LogP contribution in [0.3, 0.4) is 0 Å². The van der Waals surface area contributed by atoms with E-state index in [4.69, 9.17) is 16.3 Å². The van der Waals surface area contributed by atoms with Crippen molar-refractivity contribution in [1.29, 1.82) is 0 Å². The second-order valence-corrected chi connectivity index (χ2v) is 6.47. The summed E-state index contributed by atoms with van der Waals surface area (Å²) in [6.45, 7) is 3.84. The number of amides is 1. The number of methoxy groups -OCH3 is 1. The van der Waals surface area contributed by atoms with Gasteiger partial charge in [0.1, 0.15) is 17.3 Å². The molecule has 0 atom stereocenters. The van der Waals surface area contributed by atoms with Crippen LogP contribution in [0.1, 0.15) is 35.3 Å². The molecule has 0 unspecified atom stereocenters. The third-order valence-corrected chi connectivity index (χ3v) is 4.69. The highest BCUT2D eigenvalue weighted by molar-refractivity contribution is 6.31. The third kappa shape index (κ3) is 4.02. The van der Waals surface area contributed by atoms with Crippen molar-refractivity contribution in [3.05, 3.63) is 40.8 Å². The van der Waals surface area contributed by atoms with Gasteiger partial charge in [-0.2, -0.15) is 0 Å². The van der Waals surface area contributed by atoms with Gasteiger partial charge in [-0.15, -0.1) is 0 Å². The van der Waals surface area contributed by atoms with E-state index in [0.29, 0.717) is 16.5 Å². The number of rotatable bonds is 4. The molecule has 1 aromatic carbocycles. The van der Waals surface area contributed by atoms with Gasteiger partial charge < -0.3 is 15.0 Å². The summed E-state index contributed by atoms with van der Waals surface area (Å²) in [5.74, 6) is 0.982. The van der Waals surface area contributed by atoms with E-state index in [1.807, 2.05) is 6.92 Å². The Hall–Kier alpha value is -2.34. The highest BCUT2D eigenvalue weighted by Gasteiger charge is 2.16. The van der Waals surface area contributed by atoms with Gasteiger partial charge in [-0.3, -0.25) is 4.79 Å². The second-order valence-electron chi connectivity index (χ2n) is 6.06. The lowest BCUT2D eigenvalue weighted by molar-refractivity contribution is 0.102. The topological polar surface area (TPSA) is 67.3 Å². The van der Waals surface area contributed by atoms with Gasteiger partial charge in [0.05, 0.1) is 25.2 Å². The Bertz CT molecular complexity index is 758. The number of carbonyl (C=O) groups is 1. The zero-order valence-electron chi connectivity index (χ0n) is 14.4. The molecule has 1 amide bonds. The first-order chi connectivity index (χ1) is 12.1. The van der Waals surface area contributed by atoms with Crippen LogP contribution in [-0.2, 0) is 0 Å². The molecule has 1 aliphatic heterocycles. The number of piperidine rings is 1. The highest BCUT2D eigenvalue weighted by atomic mass is 35.5. The molecule has 0 aliphatic carbocycles. The van der Waals surface area contributed by atoms with Crippen molar-refractivity contribution in [3.8, 4) is 5.75 Å². The van der Waals surface area contributed by atoms with Crippen molar-refractivity contribution >= 4 is 29.0 Å². The summed E-state index contributed by atoms with van der Waals surface area (Å²) in [4.78, 5) is 23.3. The molecule has 2 aromatic rings. The Morgan fingerprint density at radius 3 is 2.60 bits per heavy atom. The molecule has 2 heterocycles. The molecule has 1 fully saturated rings. The molecule has 25 heavy (non-hydrogen) atoms. The van der Waals surface area contributed by atoms with Crippen LogP contribution in [0.25, 0.3) is 0 Å². The van der Waals surface area contributed by atoms with Gasteiger partial charge in [-0.05, 0) is 37.8 Å². The SMILES string of the molecule is COc1cc(Cl)c(C)cc1NC(=O)c1cnc(N2CCCCC2)cn1. The van der Waals surface area contributed by atoms with E-state index in [1.165, 1.54) is 32.6 Å². The Kier molecular flexibility index (Phi) is 5.38. The van der Waals surface area contributed by atoms with Gasteiger partial charge in [0, 0.05) is 24.2 Å². The number of halogens is 1. The standard InChI is InChI=1S/C18H21ClN4O2/c1-12-8-14(16(25-2)9-13(12)19)22-18(24)15-10-21-17(11-20-15)23-6-4-3-5-7-23/h8-11H,3-7H2,1-2H3,(H,22,24). The minimum Gasteiger partial charge on any atom is -0.495 e. The van der Waals surface area contributed by atoms with Crippen molar-refractivity contribution in [1.82, 2.24) is 9.97 Å². The molecule has 1 N–H and O–H groups in total. The number of anilines is 2. The fourth-order valence-electron chi connectivity index (χ4n) is 2.84. The summed E-state index contributed by atoms with van der Waals surface area (Å²) in [7, 11) is 1.53. The minimum absolute atomic E-state index is 0.260. The average Bonchev–Trinajstić information content (AvgIpc) is 2.65. The normalized spacial score (nSPS) is 14.3. The number of hydrogen-bond acceptors (Lipinski definition) is 5. The van der Waals surface area contributed by atoms with E-state index in [9.17, 15) is 4.79 Å². The molecule has 0 saturated carbocycles. The van der Waals surface area contributed by atoms with E-state index < -0.39 is 0 Å². The lowest BCUT2D eigenvalue weighted by Gasteiger charge is -2.27. The highest BCUT2D eigenvalue weighted by Crippen LogP contribution is 2.31. The van der Waals surface area contributed by atoms with Crippen LogP contribution in [-0.4, -0.2) is 36.1 Å². The lowest BCUT2D eigenvalue weighted by atomic mass is 10.1. The third-order valence-electron chi connectivity index (χ3n) is 4.28. The summed E-state index contributed by atoms with van der Waals surface area (Å²) >= 11 is 6.09. The zero-order chi connectivity index (χ0) is 17.8. The first kappa shape index (κ1) is 17.5. The van der Waals surface area contributed by atoms with E-state index >= 15 is 0 Å². The number of nitrogens with zero attached hydrogens (tertiary/aromatic N) is 3. The molecular weight excluding hydrogens is 340 g/mol. The number of benzene rings is 1. The molecule has 3 rings (SSSR count). The van der Waals surface area contributed by atoms with Crippen LogP contribution in [0.4, 0.5) is 11.5 Å². The van der Waals surface area contributed by atoms with Crippen LogP contribution in [0.2, 0.25) is 5.02 Å². The van der Waals surface area contributed by atoms with Crippen molar-refractivity contribution in [2.75, 3.05) is 30.4 Å². The maximum Gasteiger partial charge on any atom is 0.275 e. The number of carbonyl (C=O) groups excluding carboxylic acids is 1. The fraction of sp³-hybridized carbons (Fsp3) is 0.389. The van der Waals surface area contributed by atoms with Crippen LogP contribution >= 0.6 is 11.6 Å². The first-order valence-electron chi connectivity index (χ1n) is 8.31. The zero-order valence-corrected chi connectivity index (χ0v) is 15.1. The van der Waals surface area contributed by atoms with Gasteiger partial charge in [-0.1, -0.05) is 11.6 Å². The van der Waals surface area contributed by atoms with Crippen LogP contribution < -0.4 is 15.0 Å². The van der Waals surface area contributed by atoms with E-state index in [2.05, 4.69) is 20.2 Å². The van der Waals surface area contributed by atoms with Gasteiger partial charge in [-0.25, -0.2) is 9.97 Å². The molecule has 0 radical (unpaired) electrons. The maximum absolute atomic E-state index is 12.5. The van der Waals surface area contributed by atoms with Crippen LogP contribution in [0.15, 0.2) is 24.5 Å². The Labute approximate surface area is 152 Å². The molecule has 1 saturated heterocycles. The predicted octanol–water partition coefficient (Wildman–Crippen LogP) is 3.69. The average molecular weight is 361 g/mol. The van der Waals surface area contributed by atoms with E-state index in [0.717, 1.165) is 24.5 Å². The summed E-state index contributed by atoms with van der Waals surface area (Å²) in [6.07, 6.45) is 6.76. The van der Waals surface area contributed by atoms with Crippen molar-refractivity contribution < 1.29 is 9.53 Å². The monoisotopic (exact) mass is 360 g/mol. The van der Waals surface area contributed by atoms with Crippen LogP contribution in [0.5, 0.6) is 5.75 Å². The summed E-state index contributed by atoms with van der Waals surface area (Å²) in [6, 6.07) is 3.45. The van der Waals surface area contributed by atoms with Gasteiger partial charge in [0.2, 0.25) is 0 Å². The fourth-order valence-corrected chi connectivity index (χ4v) is 2.99. The van der Waals surface area contributed by atoms with E-state index in [-0.39, 0.29) is 11.6 Å². The van der Waals surface area contributed by atoms with Crippen LogP contribution in [0, 0.1) is 6.92 Å². The van der Waals surface area contributed by atoms with Gasteiger partial charge in [0.15, 0.2) is 0 Å². The largest absolute Gasteiger partial charge is 0.495 e. The number of aromatic nitrogens is 2. The van der Waals surface area contributed by atoms with Crippen molar-refractivity contribution in [3.63, 3.8) is 0 Å². The van der Waals surface area contributed by atoms with E-state index in [1.54, 1.807) is 18.3 Å². The molecule has 6 nitrogen and oxygen atoms in total. The molecule has 0 bridgehead atoms. The molecule has 0 spiro atoms. The minimum atomic E-state index is -0.335. The molecule has 1 aliphatic rings. The maximum atomic E-state index is 12.5. The summed E-state index contributed by atoms with van der Waals surface area (Å²) < 4.78 is 5.27. The number of ether oxygens (including phenoxy) is 1. The molecule has 1 aromatic heterocycles. The summed E-state index contributed by atoms with van der Waals surface area (Å²) in [5.41, 5.74) is 1.66.